The van der Waals surface area contributed by atoms with E-state index in [1.54, 1.807) is 7.05 Å². The fourth-order valence-corrected chi connectivity index (χ4v) is 1.13. The summed E-state index contributed by atoms with van der Waals surface area (Å²) >= 11 is 0. The molecule has 0 aliphatic carbocycles. The lowest BCUT2D eigenvalue weighted by Gasteiger charge is -2.27. The summed E-state index contributed by atoms with van der Waals surface area (Å²) in [4.78, 5) is 11.3. The minimum Gasteiger partial charge on any atom is -0.465 e. The second-order valence-electron chi connectivity index (χ2n) is 3.84. The molecule has 0 aliphatic heterocycles. The first kappa shape index (κ1) is 11.4. The second-order valence-corrected chi connectivity index (χ2v) is 3.84. The SMILES string of the molecule is CCOC(=O)C(NC)C(C)(C)C. The molecule has 0 rings (SSSR count). The van der Waals surface area contributed by atoms with E-state index in [1.165, 1.54) is 0 Å². The van der Waals surface area contributed by atoms with Gasteiger partial charge in [0.15, 0.2) is 0 Å². The standard InChI is InChI=1S/C9H19NO2/c1-6-12-8(11)7(10-5)9(2,3)4/h7,10H,6H2,1-5H3. The third kappa shape index (κ3) is 3.22. The average molecular weight is 173 g/mol. The normalized spacial score (nSPS) is 14.1. The molecule has 0 spiro atoms. The molecule has 0 aromatic rings. The lowest BCUT2D eigenvalue weighted by molar-refractivity contribution is -0.148. The number of nitrogens with one attached hydrogen (secondary N) is 1. The van der Waals surface area contributed by atoms with Gasteiger partial charge in [0.25, 0.3) is 0 Å². The van der Waals surface area contributed by atoms with E-state index < -0.39 is 0 Å². The number of carbonyl (C=O) groups is 1. The van der Waals surface area contributed by atoms with Crippen LogP contribution in [0.2, 0.25) is 0 Å². The average Bonchev–Trinajstić information content (AvgIpc) is 1.85. The Hall–Kier alpha value is -0.570. The Bertz CT molecular complexity index is 149. The Balaban J connectivity index is 4.25. The first-order chi connectivity index (χ1) is 5.43. The van der Waals surface area contributed by atoms with Gasteiger partial charge in [-0.15, -0.1) is 0 Å². The van der Waals surface area contributed by atoms with Gasteiger partial charge in [-0.3, -0.25) is 4.79 Å². The summed E-state index contributed by atoms with van der Waals surface area (Å²) in [6, 6.07) is -0.225. The van der Waals surface area contributed by atoms with Gasteiger partial charge in [-0.1, -0.05) is 20.8 Å². The van der Waals surface area contributed by atoms with Crippen molar-refractivity contribution in [3.05, 3.63) is 0 Å². The number of likely N-dealkylation sites (N-methyl/N-ethyl adjacent to an activating group) is 1. The highest BCUT2D eigenvalue weighted by molar-refractivity contribution is 5.76. The topological polar surface area (TPSA) is 38.3 Å². The Morgan fingerprint density at radius 3 is 2.25 bits per heavy atom. The van der Waals surface area contributed by atoms with E-state index in [0.717, 1.165) is 0 Å². The summed E-state index contributed by atoms with van der Waals surface area (Å²) < 4.78 is 4.92. The third-order valence-corrected chi connectivity index (χ3v) is 1.68. The van der Waals surface area contributed by atoms with Crippen molar-refractivity contribution in [1.29, 1.82) is 0 Å². The molecular formula is C9H19NO2. The van der Waals surface area contributed by atoms with Crippen molar-refractivity contribution in [2.45, 2.75) is 33.7 Å². The molecule has 1 N–H and O–H groups in total. The van der Waals surface area contributed by atoms with Crippen LogP contribution in [-0.4, -0.2) is 25.7 Å². The Labute approximate surface area is 74.5 Å². The van der Waals surface area contributed by atoms with Gasteiger partial charge in [-0.05, 0) is 19.4 Å². The summed E-state index contributed by atoms with van der Waals surface area (Å²) in [6.45, 7) is 8.27. The maximum atomic E-state index is 11.3. The van der Waals surface area contributed by atoms with Crippen LogP contribution in [0.4, 0.5) is 0 Å². The van der Waals surface area contributed by atoms with Crippen molar-refractivity contribution in [2.75, 3.05) is 13.7 Å². The minimum absolute atomic E-state index is 0.0962. The van der Waals surface area contributed by atoms with Crippen molar-refractivity contribution in [3.63, 3.8) is 0 Å². The van der Waals surface area contributed by atoms with Gasteiger partial charge < -0.3 is 10.1 Å². The monoisotopic (exact) mass is 173 g/mol. The minimum atomic E-state index is -0.225. The van der Waals surface area contributed by atoms with Crippen molar-refractivity contribution in [1.82, 2.24) is 5.32 Å². The van der Waals surface area contributed by atoms with Gasteiger partial charge in [-0.2, -0.15) is 0 Å². The maximum Gasteiger partial charge on any atom is 0.323 e. The van der Waals surface area contributed by atoms with E-state index in [1.807, 2.05) is 27.7 Å². The molecule has 72 valence electrons. The molecule has 0 aromatic carbocycles. The lowest BCUT2D eigenvalue weighted by Crippen LogP contribution is -2.45. The lowest BCUT2D eigenvalue weighted by atomic mass is 9.87. The zero-order valence-corrected chi connectivity index (χ0v) is 8.60. The van der Waals surface area contributed by atoms with Gasteiger partial charge >= 0.3 is 5.97 Å². The number of esters is 1. The van der Waals surface area contributed by atoms with Crippen LogP contribution in [0.1, 0.15) is 27.7 Å². The summed E-state index contributed by atoms with van der Waals surface area (Å²) in [5.74, 6) is -0.174. The summed E-state index contributed by atoms with van der Waals surface area (Å²) in [5, 5.41) is 2.95. The van der Waals surface area contributed by atoms with Gasteiger partial charge in [0.2, 0.25) is 0 Å². The number of hydrogen-bond acceptors (Lipinski definition) is 3. The largest absolute Gasteiger partial charge is 0.465 e. The molecular weight excluding hydrogens is 154 g/mol. The quantitative estimate of drug-likeness (QED) is 0.651. The number of hydrogen-bond donors (Lipinski definition) is 1. The predicted molar refractivity (Wildman–Crippen MR) is 48.9 cm³/mol. The molecule has 0 bridgehead atoms. The summed E-state index contributed by atoms with van der Waals surface area (Å²) in [7, 11) is 1.77. The van der Waals surface area contributed by atoms with Crippen LogP contribution in [0.25, 0.3) is 0 Å². The van der Waals surface area contributed by atoms with Crippen LogP contribution >= 0.6 is 0 Å². The molecule has 0 fully saturated rings. The molecule has 0 radical (unpaired) electrons. The predicted octanol–water partition coefficient (Wildman–Crippen LogP) is 1.18. The highest BCUT2D eigenvalue weighted by Crippen LogP contribution is 2.19. The highest BCUT2D eigenvalue weighted by Gasteiger charge is 2.30. The third-order valence-electron chi connectivity index (χ3n) is 1.68. The molecule has 3 nitrogen and oxygen atoms in total. The molecule has 0 aliphatic rings. The maximum absolute atomic E-state index is 11.3. The van der Waals surface area contributed by atoms with Crippen LogP contribution in [0, 0.1) is 5.41 Å². The summed E-state index contributed by atoms with van der Waals surface area (Å²) in [5.41, 5.74) is -0.0962. The Morgan fingerprint density at radius 1 is 1.50 bits per heavy atom. The van der Waals surface area contributed by atoms with E-state index in [2.05, 4.69) is 5.32 Å². The van der Waals surface area contributed by atoms with Crippen molar-refractivity contribution in [3.8, 4) is 0 Å². The Kier molecular flexibility index (Phi) is 4.24. The molecule has 0 aromatic heterocycles. The van der Waals surface area contributed by atoms with Gasteiger partial charge in [0, 0.05) is 0 Å². The second kappa shape index (κ2) is 4.45. The van der Waals surface area contributed by atoms with E-state index >= 15 is 0 Å². The molecule has 3 heteroatoms. The van der Waals surface area contributed by atoms with Crippen LogP contribution in [0.3, 0.4) is 0 Å². The van der Waals surface area contributed by atoms with Crippen molar-refractivity contribution in [2.24, 2.45) is 5.41 Å². The van der Waals surface area contributed by atoms with Crippen LogP contribution in [0.5, 0.6) is 0 Å². The van der Waals surface area contributed by atoms with Gasteiger partial charge in [0.1, 0.15) is 6.04 Å². The van der Waals surface area contributed by atoms with Crippen molar-refractivity contribution < 1.29 is 9.53 Å². The summed E-state index contributed by atoms with van der Waals surface area (Å²) in [6.07, 6.45) is 0. The van der Waals surface area contributed by atoms with Crippen molar-refractivity contribution >= 4 is 5.97 Å². The highest BCUT2D eigenvalue weighted by atomic mass is 16.5. The fraction of sp³-hybridized carbons (Fsp3) is 0.889. The fourth-order valence-electron chi connectivity index (χ4n) is 1.13. The molecule has 0 heterocycles. The molecule has 12 heavy (non-hydrogen) atoms. The zero-order chi connectivity index (χ0) is 9.78. The molecule has 0 saturated carbocycles. The number of rotatable bonds is 3. The Morgan fingerprint density at radius 2 is 2.00 bits per heavy atom. The molecule has 0 saturated heterocycles. The number of carbonyl (C=O) groups excluding carboxylic acids is 1. The molecule has 1 unspecified atom stereocenters. The molecule has 1 atom stereocenters. The van der Waals surface area contributed by atoms with Gasteiger partial charge in [0.05, 0.1) is 6.61 Å². The van der Waals surface area contributed by atoms with E-state index in [9.17, 15) is 4.79 Å². The smallest absolute Gasteiger partial charge is 0.323 e. The van der Waals surface area contributed by atoms with Crippen LogP contribution in [-0.2, 0) is 9.53 Å². The first-order valence-corrected chi connectivity index (χ1v) is 4.27. The van der Waals surface area contributed by atoms with Crippen LogP contribution in [0.15, 0.2) is 0 Å². The van der Waals surface area contributed by atoms with Gasteiger partial charge in [-0.25, -0.2) is 0 Å². The number of ether oxygens (including phenoxy) is 1. The van der Waals surface area contributed by atoms with Crippen LogP contribution < -0.4 is 5.32 Å². The molecule has 0 amide bonds. The first-order valence-electron chi connectivity index (χ1n) is 4.27. The van der Waals surface area contributed by atoms with E-state index in [-0.39, 0.29) is 17.4 Å². The van der Waals surface area contributed by atoms with E-state index in [0.29, 0.717) is 6.61 Å². The van der Waals surface area contributed by atoms with E-state index in [4.69, 9.17) is 4.74 Å². The zero-order valence-electron chi connectivity index (χ0n) is 8.60.